The maximum absolute atomic E-state index is 5.34. The van der Waals surface area contributed by atoms with Crippen molar-refractivity contribution in [3.8, 4) is 45.1 Å². The highest BCUT2D eigenvalue weighted by atomic mass is 15.2. The first-order chi connectivity index (χ1) is 23.8. The van der Waals surface area contributed by atoms with Gasteiger partial charge < -0.3 is 4.57 Å². The van der Waals surface area contributed by atoms with E-state index in [1.165, 1.54) is 54.8 Å². The molecule has 48 heavy (non-hydrogen) atoms. The Bertz CT molecular complexity index is 2950. The molecule has 0 radical (unpaired) electrons. The van der Waals surface area contributed by atoms with E-state index in [0.717, 1.165) is 38.9 Å². The third kappa shape index (κ3) is 3.38. The number of nitrogens with zero attached hydrogens (tertiary/aromatic N) is 4. The average Bonchev–Trinajstić information content (AvgIpc) is 3.62. The molecular formula is C44H26N4. The van der Waals surface area contributed by atoms with Gasteiger partial charge >= 0.3 is 0 Å². The molecule has 1 aliphatic rings. The lowest BCUT2D eigenvalue weighted by Crippen LogP contribution is -2.04. The topological polar surface area (TPSA) is 35.6 Å². The summed E-state index contributed by atoms with van der Waals surface area (Å²) < 4.78 is 4.74. The summed E-state index contributed by atoms with van der Waals surface area (Å²) in [7, 11) is 0. The quantitative estimate of drug-likeness (QED) is 0.195. The summed E-state index contributed by atoms with van der Waals surface area (Å²) in [5.74, 6) is 0.663. The predicted octanol–water partition coefficient (Wildman–Crippen LogP) is 11.1. The molecule has 1 aliphatic heterocycles. The van der Waals surface area contributed by atoms with Crippen molar-refractivity contribution in [2.24, 2.45) is 0 Å². The molecule has 0 bridgehead atoms. The number of hydrogen-bond donors (Lipinski definition) is 0. The van der Waals surface area contributed by atoms with Gasteiger partial charge in [0.15, 0.2) is 0 Å². The monoisotopic (exact) mass is 610 g/mol. The lowest BCUT2D eigenvalue weighted by molar-refractivity contribution is 1.01. The molecule has 0 atom stereocenters. The zero-order valence-electron chi connectivity index (χ0n) is 25.8. The van der Waals surface area contributed by atoms with Gasteiger partial charge in [0.2, 0.25) is 5.95 Å². The Morgan fingerprint density at radius 3 is 1.79 bits per heavy atom. The molecule has 0 N–H and O–H groups in total. The number of fused-ring (bicyclic) bond motifs is 12. The van der Waals surface area contributed by atoms with E-state index in [2.05, 4.69) is 161 Å². The SMILES string of the molecule is c1ccc(-c2nc(-n3c4ccccc4c4cc5c(cc43)-n3c4ccccc4c4cccc(c43)-c3ccccc3-5)nc3ccccc23)cc1. The largest absolute Gasteiger partial charge is 0.308 e. The fourth-order valence-electron chi connectivity index (χ4n) is 8.04. The van der Waals surface area contributed by atoms with Crippen molar-refractivity contribution in [1.82, 2.24) is 19.1 Å². The van der Waals surface area contributed by atoms with Gasteiger partial charge in [-0.15, -0.1) is 0 Å². The standard InChI is InChI=1S/C44H26N4/c1-2-13-27(14-3-1)42-34-19-6-9-22-37(34)45-44(46-42)48-39-24-11-8-18-31(39)36-25-35-29-16-5-4-15-28(29)32-20-12-21-33-30-17-7-10-23-38(30)47(43(32)33)40(35)26-41(36)48/h1-26H. The maximum atomic E-state index is 5.34. The summed E-state index contributed by atoms with van der Waals surface area (Å²) in [6.07, 6.45) is 0. The molecule has 7 aromatic carbocycles. The molecule has 0 saturated carbocycles. The van der Waals surface area contributed by atoms with Gasteiger partial charge in [-0.05, 0) is 41.5 Å². The minimum atomic E-state index is 0.663. The van der Waals surface area contributed by atoms with E-state index >= 15 is 0 Å². The third-order valence-corrected chi connectivity index (χ3v) is 10.1. The summed E-state index contributed by atoms with van der Waals surface area (Å²) in [6, 6.07) is 56.5. The van der Waals surface area contributed by atoms with E-state index in [4.69, 9.17) is 9.97 Å². The molecule has 0 amide bonds. The normalized spacial score (nSPS) is 12.2. The van der Waals surface area contributed by atoms with Gasteiger partial charge in [-0.3, -0.25) is 4.57 Å². The Balaban J connectivity index is 1.32. The molecule has 3 aromatic heterocycles. The molecule has 4 nitrogen and oxygen atoms in total. The minimum Gasteiger partial charge on any atom is -0.308 e. The fraction of sp³-hybridized carbons (Fsp3) is 0. The van der Waals surface area contributed by atoms with Gasteiger partial charge in [-0.25, -0.2) is 9.97 Å². The second-order valence-corrected chi connectivity index (χ2v) is 12.6. The Labute approximate surface area is 275 Å². The van der Waals surface area contributed by atoms with Crippen LogP contribution in [-0.4, -0.2) is 19.1 Å². The average molecular weight is 611 g/mol. The molecule has 11 rings (SSSR count). The van der Waals surface area contributed by atoms with Gasteiger partial charge in [-0.1, -0.05) is 127 Å². The smallest absolute Gasteiger partial charge is 0.235 e. The predicted molar refractivity (Wildman–Crippen MR) is 198 cm³/mol. The highest BCUT2D eigenvalue weighted by molar-refractivity contribution is 6.18. The second-order valence-electron chi connectivity index (χ2n) is 12.6. The van der Waals surface area contributed by atoms with Crippen LogP contribution in [0.15, 0.2) is 158 Å². The van der Waals surface area contributed by atoms with Crippen molar-refractivity contribution in [1.29, 1.82) is 0 Å². The van der Waals surface area contributed by atoms with Crippen molar-refractivity contribution < 1.29 is 0 Å². The van der Waals surface area contributed by atoms with Crippen LogP contribution in [-0.2, 0) is 0 Å². The third-order valence-electron chi connectivity index (χ3n) is 10.1. The van der Waals surface area contributed by atoms with Gasteiger partial charge in [-0.2, -0.15) is 0 Å². The van der Waals surface area contributed by atoms with Crippen molar-refractivity contribution >= 4 is 54.5 Å². The summed E-state index contributed by atoms with van der Waals surface area (Å²) in [4.78, 5) is 10.6. The Kier molecular flexibility index (Phi) is 5.08. The first-order valence-corrected chi connectivity index (χ1v) is 16.4. The number of benzene rings is 7. The first-order valence-electron chi connectivity index (χ1n) is 16.4. The van der Waals surface area contributed by atoms with Crippen molar-refractivity contribution in [2.45, 2.75) is 0 Å². The summed E-state index contributed by atoms with van der Waals surface area (Å²) >= 11 is 0. The molecule has 0 aliphatic carbocycles. The number of rotatable bonds is 2. The van der Waals surface area contributed by atoms with Crippen LogP contribution in [0.25, 0.3) is 99.7 Å². The molecule has 10 aromatic rings. The van der Waals surface area contributed by atoms with E-state index < -0.39 is 0 Å². The molecule has 4 heterocycles. The van der Waals surface area contributed by atoms with Crippen molar-refractivity contribution in [3.63, 3.8) is 0 Å². The van der Waals surface area contributed by atoms with Crippen LogP contribution in [0.2, 0.25) is 0 Å². The Morgan fingerprint density at radius 2 is 0.979 bits per heavy atom. The highest BCUT2D eigenvalue weighted by Gasteiger charge is 2.26. The lowest BCUT2D eigenvalue weighted by Gasteiger charge is -2.15. The van der Waals surface area contributed by atoms with Crippen LogP contribution >= 0.6 is 0 Å². The van der Waals surface area contributed by atoms with Crippen molar-refractivity contribution in [2.75, 3.05) is 0 Å². The molecule has 0 fully saturated rings. The fourth-order valence-corrected chi connectivity index (χ4v) is 8.04. The lowest BCUT2D eigenvalue weighted by atomic mass is 9.93. The van der Waals surface area contributed by atoms with Crippen LogP contribution in [0.4, 0.5) is 0 Å². The zero-order valence-corrected chi connectivity index (χ0v) is 25.8. The van der Waals surface area contributed by atoms with Crippen LogP contribution < -0.4 is 0 Å². The van der Waals surface area contributed by atoms with Crippen LogP contribution in [0.5, 0.6) is 0 Å². The number of aromatic nitrogens is 4. The van der Waals surface area contributed by atoms with Crippen molar-refractivity contribution in [3.05, 3.63) is 158 Å². The van der Waals surface area contributed by atoms with E-state index in [9.17, 15) is 0 Å². The van der Waals surface area contributed by atoms with Gasteiger partial charge in [0.1, 0.15) is 0 Å². The highest BCUT2D eigenvalue weighted by Crippen LogP contribution is 2.48. The molecular weight excluding hydrogens is 585 g/mol. The second kappa shape index (κ2) is 9.50. The van der Waals surface area contributed by atoms with Gasteiger partial charge in [0.05, 0.1) is 39.0 Å². The van der Waals surface area contributed by atoms with E-state index in [1.807, 2.05) is 6.07 Å². The Morgan fingerprint density at radius 1 is 0.375 bits per heavy atom. The van der Waals surface area contributed by atoms with E-state index in [1.54, 1.807) is 0 Å². The maximum Gasteiger partial charge on any atom is 0.235 e. The van der Waals surface area contributed by atoms with Gasteiger partial charge in [0.25, 0.3) is 0 Å². The molecule has 222 valence electrons. The van der Waals surface area contributed by atoms with Crippen LogP contribution in [0.1, 0.15) is 0 Å². The zero-order chi connectivity index (χ0) is 31.3. The molecule has 0 spiro atoms. The van der Waals surface area contributed by atoms with E-state index in [-0.39, 0.29) is 0 Å². The number of para-hydroxylation sites is 4. The van der Waals surface area contributed by atoms with Gasteiger partial charge in [0, 0.05) is 43.6 Å². The van der Waals surface area contributed by atoms with Crippen LogP contribution in [0.3, 0.4) is 0 Å². The minimum absolute atomic E-state index is 0.663. The number of hydrogen-bond acceptors (Lipinski definition) is 2. The molecule has 4 heteroatoms. The van der Waals surface area contributed by atoms with E-state index in [0.29, 0.717) is 5.95 Å². The summed E-state index contributed by atoms with van der Waals surface area (Å²) in [5.41, 5.74) is 13.6. The van der Waals surface area contributed by atoms with Crippen LogP contribution in [0, 0.1) is 0 Å². The first kappa shape index (κ1) is 25.6. The summed E-state index contributed by atoms with van der Waals surface area (Å²) in [5, 5.41) is 5.91. The Hall–Kier alpha value is -6.52. The molecule has 0 unspecified atom stereocenters. The summed E-state index contributed by atoms with van der Waals surface area (Å²) in [6.45, 7) is 0. The molecule has 0 saturated heterocycles.